The number of fused-ring (bicyclic) bond motifs is 1. The Morgan fingerprint density at radius 2 is 2.00 bits per heavy atom. The van der Waals surface area contributed by atoms with Crippen molar-refractivity contribution in [3.05, 3.63) is 61.5 Å². The molecule has 158 valence electrons. The molecular weight excluding hydrogens is 482 g/mol. The highest BCUT2D eigenvalue weighted by Gasteiger charge is 2.15. The first-order valence-corrected chi connectivity index (χ1v) is 11.9. The lowest BCUT2D eigenvalue weighted by molar-refractivity contribution is -0.120. The van der Waals surface area contributed by atoms with Crippen molar-refractivity contribution in [1.29, 1.82) is 0 Å². The van der Waals surface area contributed by atoms with Crippen LogP contribution in [-0.4, -0.2) is 41.7 Å². The number of halogens is 1. The van der Waals surface area contributed by atoms with Crippen LogP contribution in [0.1, 0.15) is 16.0 Å². The molecule has 1 aromatic carbocycles. The van der Waals surface area contributed by atoms with E-state index in [1.807, 2.05) is 37.5 Å². The van der Waals surface area contributed by atoms with Crippen molar-refractivity contribution in [2.45, 2.75) is 19.5 Å². The van der Waals surface area contributed by atoms with Gasteiger partial charge >= 0.3 is 0 Å². The molecule has 1 amide bonds. The smallest absolute Gasteiger partial charge is 0.224 e. The number of carbonyl (C=O) groups is 1. The summed E-state index contributed by atoms with van der Waals surface area (Å²) in [4.78, 5) is 17.4. The molecule has 5 nitrogen and oxygen atoms in total. The van der Waals surface area contributed by atoms with Crippen molar-refractivity contribution >= 4 is 55.6 Å². The van der Waals surface area contributed by atoms with Crippen LogP contribution < -0.4 is 5.32 Å². The summed E-state index contributed by atoms with van der Waals surface area (Å²) in [5, 5.41) is 4.06. The summed E-state index contributed by atoms with van der Waals surface area (Å²) in [7, 11) is 2.02. The molecule has 0 bridgehead atoms. The number of morpholine rings is 1. The third kappa shape index (κ3) is 5.18. The van der Waals surface area contributed by atoms with Gasteiger partial charge in [0.25, 0.3) is 0 Å². The quantitative estimate of drug-likeness (QED) is 0.503. The van der Waals surface area contributed by atoms with Crippen LogP contribution in [-0.2, 0) is 36.1 Å². The molecule has 1 fully saturated rings. The van der Waals surface area contributed by atoms with E-state index in [0.717, 1.165) is 63.2 Å². The van der Waals surface area contributed by atoms with E-state index in [2.05, 4.69) is 36.8 Å². The summed E-state index contributed by atoms with van der Waals surface area (Å²) in [5.74, 6) is -0.0212. The lowest BCUT2D eigenvalue weighted by atomic mass is 10.1. The van der Waals surface area contributed by atoms with Gasteiger partial charge < -0.3 is 14.6 Å². The molecule has 0 saturated carbocycles. The molecule has 0 spiro atoms. The van der Waals surface area contributed by atoms with E-state index in [4.69, 9.17) is 17.0 Å². The Labute approximate surface area is 193 Å². The van der Waals surface area contributed by atoms with Crippen LogP contribution in [0.4, 0.5) is 0 Å². The molecule has 0 unspecified atom stereocenters. The molecule has 8 heteroatoms. The molecule has 1 aliphatic heterocycles. The number of pyridine rings is 1. The second kappa shape index (κ2) is 9.70. The number of ether oxygens (including phenoxy) is 1. The van der Waals surface area contributed by atoms with Crippen LogP contribution in [0.25, 0.3) is 10.2 Å². The van der Waals surface area contributed by atoms with Crippen LogP contribution in [0.2, 0.25) is 0 Å². The van der Waals surface area contributed by atoms with E-state index < -0.39 is 0 Å². The largest absolute Gasteiger partial charge is 0.379 e. The number of nitrogens with one attached hydrogen (secondary N) is 1. The highest BCUT2D eigenvalue weighted by atomic mass is 79.9. The van der Waals surface area contributed by atoms with Crippen molar-refractivity contribution in [1.82, 2.24) is 14.8 Å². The Morgan fingerprint density at radius 3 is 2.73 bits per heavy atom. The first-order chi connectivity index (χ1) is 14.5. The SMILES string of the molecule is Cn1cc(CC(=O)NCc2ccc(Br)cc2)c(=S)c2cc(CN3CCOCC3)sc21. The van der Waals surface area contributed by atoms with Gasteiger partial charge in [-0.3, -0.25) is 9.69 Å². The maximum atomic E-state index is 12.5. The standard InChI is InChI=1S/C22H24BrN3O2S2/c1-25-13-16(10-20(27)24-12-15-2-4-17(23)5-3-15)21(29)19-11-18(30-22(19)25)14-26-6-8-28-9-7-26/h2-5,11,13H,6-10,12,14H2,1H3,(H,24,27). The first-order valence-electron chi connectivity index (χ1n) is 9.92. The fourth-order valence-electron chi connectivity index (χ4n) is 3.60. The zero-order valence-electron chi connectivity index (χ0n) is 16.8. The summed E-state index contributed by atoms with van der Waals surface area (Å²) in [6.07, 6.45) is 2.28. The molecular formula is C22H24BrN3O2S2. The van der Waals surface area contributed by atoms with Crippen molar-refractivity contribution in [3.63, 3.8) is 0 Å². The summed E-state index contributed by atoms with van der Waals surface area (Å²) in [6.45, 7) is 4.95. The summed E-state index contributed by atoms with van der Waals surface area (Å²) >= 11 is 11.0. The molecule has 4 rings (SSSR count). The van der Waals surface area contributed by atoms with Gasteiger partial charge in [-0.05, 0) is 29.3 Å². The molecule has 0 atom stereocenters. The Balaban J connectivity index is 1.47. The monoisotopic (exact) mass is 505 g/mol. The van der Waals surface area contributed by atoms with Gasteiger partial charge in [-0.25, -0.2) is 0 Å². The molecule has 3 aromatic rings. The number of amides is 1. The third-order valence-electron chi connectivity index (χ3n) is 5.21. The minimum Gasteiger partial charge on any atom is -0.379 e. The molecule has 1 saturated heterocycles. The van der Waals surface area contributed by atoms with Crippen molar-refractivity contribution in [2.24, 2.45) is 7.05 Å². The summed E-state index contributed by atoms with van der Waals surface area (Å²) in [6, 6.07) is 10.1. The Morgan fingerprint density at radius 1 is 1.27 bits per heavy atom. The molecule has 2 aromatic heterocycles. The third-order valence-corrected chi connectivity index (χ3v) is 7.43. The molecule has 30 heavy (non-hydrogen) atoms. The van der Waals surface area contributed by atoms with E-state index in [-0.39, 0.29) is 12.3 Å². The maximum absolute atomic E-state index is 12.5. The van der Waals surface area contributed by atoms with Crippen LogP contribution >= 0.6 is 39.5 Å². The highest BCUT2D eigenvalue weighted by Crippen LogP contribution is 2.29. The number of aromatic nitrogens is 1. The van der Waals surface area contributed by atoms with Crippen LogP contribution in [0, 0.1) is 4.51 Å². The Hall–Kier alpha value is -1.58. The number of carbonyl (C=O) groups excluding carboxylic acids is 1. The number of thiophene rings is 1. The highest BCUT2D eigenvalue weighted by molar-refractivity contribution is 9.10. The van der Waals surface area contributed by atoms with Gasteiger partial charge in [0, 0.05) is 54.2 Å². The fourth-order valence-corrected chi connectivity index (χ4v) is 5.35. The van der Waals surface area contributed by atoms with Gasteiger partial charge in [-0.15, -0.1) is 11.3 Å². The predicted octanol–water partition coefficient (Wildman–Crippen LogP) is 4.42. The van der Waals surface area contributed by atoms with Crippen molar-refractivity contribution in [2.75, 3.05) is 26.3 Å². The van der Waals surface area contributed by atoms with Crippen molar-refractivity contribution in [3.8, 4) is 0 Å². The Bertz CT molecular complexity index is 1100. The van der Waals surface area contributed by atoms with Crippen LogP contribution in [0.15, 0.2) is 41.0 Å². The van der Waals surface area contributed by atoms with Crippen molar-refractivity contribution < 1.29 is 9.53 Å². The van der Waals surface area contributed by atoms with Gasteiger partial charge in [0.15, 0.2) is 0 Å². The maximum Gasteiger partial charge on any atom is 0.224 e. The van der Waals surface area contributed by atoms with Gasteiger partial charge in [0.1, 0.15) is 4.83 Å². The number of benzene rings is 1. The molecule has 1 N–H and O–H groups in total. The molecule has 0 aliphatic carbocycles. The van der Waals surface area contributed by atoms with E-state index in [0.29, 0.717) is 6.54 Å². The second-order valence-electron chi connectivity index (χ2n) is 7.49. The average molecular weight is 506 g/mol. The molecule has 1 aliphatic rings. The van der Waals surface area contributed by atoms with Crippen LogP contribution in [0.3, 0.4) is 0 Å². The topological polar surface area (TPSA) is 46.5 Å². The number of aryl methyl sites for hydroxylation is 1. The predicted molar refractivity (Wildman–Crippen MR) is 127 cm³/mol. The average Bonchev–Trinajstić information content (AvgIpc) is 3.17. The zero-order chi connectivity index (χ0) is 21.1. The van der Waals surface area contributed by atoms with E-state index >= 15 is 0 Å². The lowest BCUT2D eigenvalue weighted by Gasteiger charge is -2.25. The van der Waals surface area contributed by atoms with Gasteiger partial charge in [-0.2, -0.15) is 0 Å². The van der Waals surface area contributed by atoms with Gasteiger partial charge in [0.2, 0.25) is 5.91 Å². The van der Waals surface area contributed by atoms with Gasteiger partial charge in [0.05, 0.1) is 24.1 Å². The summed E-state index contributed by atoms with van der Waals surface area (Å²) in [5.41, 5.74) is 1.96. The normalized spacial score (nSPS) is 14.9. The first kappa shape index (κ1) is 21.6. The van der Waals surface area contributed by atoms with E-state index in [1.54, 1.807) is 11.3 Å². The molecule has 3 heterocycles. The number of nitrogens with zero attached hydrogens (tertiary/aromatic N) is 2. The minimum atomic E-state index is -0.0212. The number of hydrogen-bond acceptors (Lipinski definition) is 5. The number of hydrogen-bond donors (Lipinski definition) is 1. The minimum absolute atomic E-state index is 0.0212. The van der Waals surface area contributed by atoms with Crippen LogP contribution in [0.5, 0.6) is 0 Å². The fraction of sp³-hybridized carbons (Fsp3) is 0.364. The number of rotatable bonds is 6. The second-order valence-corrected chi connectivity index (χ2v) is 9.93. The van der Waals surface area contributed by atoms with E-state index in [1.165, 1.54) is 4.88 Å². The molecule has 0 radical (unpaired) electrons. The lowest BCUT2D eigenvalue weighted by Crippen LogP contribution is -2.35. The Kier molecular flexibility index (Phi) is 7.00. The van der Waals surface area contributed by atoms with E-state index in [9.17, 15) is 4.79 Å². The zero-order valence-corrected chi connectivity index (χ0v) is 20.0. The summed E-state index contributed by atoms with van der Waals surface area (Å²) < 4.78 is 9.34. The van der Waals surface area contributed by atoms with Gasteiger partial charge in [-0.1, -0.05) is 40.3 Å².